The summed E-state index contributed by atoms with van der Waals surface area (Å²) < 4.78 is 1.69. The molecule has 0 saturated carbocycles. The number of nitrogens with zero attached hydrogens (tertiary/aromatic N) is 2. The van der Waals surface area contributed by atoms with Crippen LogP contribution in [-0.2, 0) is 4.79 Å². The van der Waals surface area contributed by atoms with Gasteiger partial charge in [-0.2, -0.15) is 0 Å². The molecule has 24 heavy (non-hydrogen) atoms. The summed E-state index contributed by atoms with van der Waals surface area (Å²) in [6, 6.07) is 17.0. The van der Waals surface area contributed by atoms with Gasteiger partial charge in [0.15, 0.2) is 5.16 Å². The number of Topliss-reactive ketones (excluding diaryl/α,β-unsaturated/α-hetero) is 1. The fraction of sp³-hybridized carbons (Fsp3) is 0.211. The molecule has 0 aliphatic rings. The van der Waals surface area contributed by atoms with Crippen molar-refractivity contribution in [3.63, 3.8) is 0 Å². The van der Waals surface area contributed by atoms with Gasteiger partial charge in [0.2, 0.25) is 0 Å². The minimum Gasteiger partial charge on any atom is -0.299 e. The smallest absolute Gasteiger partial charge is 0.262 e. The van der Waals surface area contributed by atoms with Crippen LogP contribution in [0.15, 0.2) is 64.5 Å². The standard InChI is InChI=1S/C19H18N2O2S/c1-13(22)12-24-19-20-17-11-7-6-10-16(17)18(23)21(19)14(2)15-8-4-3-5-9-15/h3-11,14H,12H2,1-2H3/t14-/m0/s1. The first-order chi connectivity index (χ1) is 11.6. The van der Waals surface area contributed by atoms with Gasteiger partial charge in [-0.05, 0) is 31.5 Å². The molecule has 0 unspecified atom stereocenters. The van der Waals surface area contributed by atoms with E-state index in [1.807, 2.05) is 55.5 Å². The van der Waals surface area contributed by atoms with Gasteiger partial charge >= 0.3 is 0 Å². The van der Waals surface area contributed by atoms with Crippen molar-refractivity contribution in [2.24, 2.45) is 0 Å². The number of hydrogen-bond donors (Lipinski definition) is 0. The summed E-state index contributed by atoms with van der Waals surface area (Å²) in [4.78, 5) is 29.0. The largest absolute Gasteiger partial charge is 0.299 e. The predicted molar refractivity (Wildman–Crippen MR) is 97.7 cm³/mol. The second-order valence-electron chi connectivity index (χ2n) is 5.66. The fourth-order valence-corrected chi connectivity index (χ4v) is 3.49. The van der Waals surface area contributed by atoms with Crippen LogP contribution < -0.4 is 5.56 Å². The Morgan fingerprint density at radius 1 is 1.12 bits per heavy atom. The molecule has 0 bridgehead atoms. The van der Waals surface area contributed by atoms with Crippen molar-refractivity contribution in [2.45, 2.75) is 25.0 Å². The highest BCUT2D eigenvalue weighted by Gasteiger charge is 2.18. The Morgan fingerprint density at radius 2 is 1.79 bits per heavy atom. The molecule has 122 valence electrons. The number of carbonyl (C=O) groups excluding carboxylic acids is 1. The van der Waals surface area contributed by atoms with E-state index in [1.54, 1.807) is 10.6 Å². The third kappa shape index (κ3) is 3.26. The van der Waals surface area contributed by atoms with Crippen molar-refractivity contribution in [3.05, 3.63) is 70.5 Å². The Kier molecular flexibility index (Phi) is 4.81. The molecule has 2 aromatic carbocycles. The summed E-state index contributed by atoms with van der Waals surface area (Å²) in [5.41, 5.74) is 1.61. The van der Waals surface area contributed by atoms with E-state index in [1.165, 1.54) is 18.7 Å². The van der Waals surface area contributed by atoms with Crippen molar-refractivity contribution >= 4 is 28.4 Å². The maximum atomic E-state index is 13.0. The Morgan fingerprint density at radius 3 is 2.50 bits per heavy atom. The summed E-state index contributed by atoms with van der Waals surface area (Å²) in [6.07, 6.45) is 0. The van der Waals surface area contributed by atoms with Crippen LogP contribution in [0.4, 0.5) is 0 Å². The van der Waals surface area contributed by atoms with Gasteiger partial charge in [-0.1, -0.05) is 54.2 Å². The van der Waals surface area contributed by atoms with Crippen LogP contribution in [0.5, 0.6) is 0 Å². The van der Waals surface area contributed by atoms with Crippen molar-refractivity contribution in [1.82, 2.24) is 9.55 Å². The van der Waals surface area contributed by atoms with Crippen LogP contribution in [0.25, 0.3) is 10.9 Å². The number of thioether (sulfide) groups is 1. The van der Waals surface area contributed by atoms with Crippen LogP contribution in [0.3, 0.4) is 0 Å². The molecular weight excluding hydrogens is 320 g/mol. The normalized spacial score (nSPS) is 12.2. The van der Waals surface area contributed by atoms with Gasteiger partial charge in [-0.3, -0.25) is 14.2 Å². The van der Waals surface area contributed by atoms with Crippen LogP contribution >= 0.6 is 11.8 Å². The maximum Gasteiger partial charge on any atom is 0.262 e. The quantitative estimate of drug-likeness (QED) is 0.526. The van der Waals surface area contributed by atoms with E-state index < -0.39 is 0 Å². The highest BCUT2D eigenvalue weighted by molar-refractivity contribution is 7.99. The van der Waals surface area contributed by atoms with E-state index in [4.69, 9.17) is 0 Å². The van der Waals surface area contributed by atoms with Crippen LogP contribution in [-0.4, -0.2) is 21.1 Å². The predicted octanol–water partition coefficient (Wildman–Crippen LogP) is 3.69. The zero-order valence-electron chi connectivity index (χ0n) is 13.6. The lowest BCUT2D eigenvalue weighted by atomic mass is 10.1. The molecule has 0 saturated heterocycles. The molecule has 0 amide bonds. The van der Waals surface area contributed by atoms with Gasteiger partial charge in [0.25, 0.3) is 5.56 Å². The van der Waals surface area contributed by atoms with E-state index in [9.17, 15) is 9.59 Å². The van der Waals surface area contributed by atoms with Crippen LogP contribution in [0.1, 0.15) is 25.5 Å². The number of aromatic nitrogens is 2. The Bertz CT molecular complexity index is 935. The van der Waals surface area contributed by atoms with Crippen LogP contribution in [0.2, 0.25) is 0 Å². The van der Waals surface area contributed by atoms with Gasteiger partial charge in [-0.25, -0.2) is 4.98 Å². The van der Waals surface area contributed by atoms with E-state index in [-0.39, 0.29) is 17.4 Å². The number of fused-ring (bicyclic) bond motifs is 1. The third-order valence-electron chi connectivity index (χ3n) is 3.85. The third-order valence-corrected chi connectivity index (χ3v) is 4.95. The molecule has 3 aromatic rings. The molecule has 1 aromatic heterocycles. The number of hydrogen-bond acceptors (Lipinski definition) is 4. The number of ketones is 1. The Labute approximate surface area is 144 Å². The van der Waals surface area contributed by atoms with Gasteiger partial charge in [0.05, 0.1) is 22.7 Å². The topological polar surface area (TPSA) is 52.0 Å². The highest BCUT2D eigenvalue weighted by Crippen LogP contribution is 2.24. The van der Waals surface area contributed by atoms with E-state index in [0.717, 1.165) is 5.56 Å². The van der Waals surface area contributed by atoms with Gasteiger partial charge in [-0.15, -0.1) is 0 Å². The van der Waals surface area contributed by atoms with Gasteiger partial charge in [0.1, 0.15) is 5.78 Å². The molecule has 4 nitrogen and oxygen atoms in total. The van der Waals surface area contributed by atoms with E-state index in [0.29, 0.717) is 21.8 Å². The van der Waals surface area contributed by atoms with Crippen LogP contribution in [0, 0.1) is 0 Å². The van der Waals surface area contributed by atoms with Crippen molar-refractivity contribution < 1.29 is 4.79 Å². The molecule has 5 heteroatoms. The van der Waals surface area contributed by atoms with Crippen molar-refractivity contribution in [3.8, 4) is 0 Å². The fourth-order valence-electron chi connectivity index (χ4n) is 2.62. The minimum absolute atomic E-state index is 0.0568. The average molecular weight is 338 g/mol. The molecule has 0 N–H and O–H groups in total. The summed E-state index contributed by atoms with van der Waals surface area (Å²) in [5, 5.41) is 1.16. The summed E-state index contributed by atoms with van der Waals surface area (Å²) in [5.74, 6) is 0.355. The van der Waals surface area contributed by atoms with Crippen molar-refractivity contribution in [2.75, 3.05) is 5.75 Å². The first-order valence-electron chi connectivity index (χ1n) is 7.76. The lowest BCUT2D eigenvalue weighted by molar-refractivity contribution is -0.114. The molecular formula is C19H18N2O2S. The number of para-hydroxylation sites is 1. The zero-order valence-corrected chi connectivity index (χ0v) is 14.4. The first kappa shape index (κ1) is 16.5. The zero-order chi connectivity index (χ0) is 17.1. The lowest BCUT2D eigenvalue weighted by Gasteiger charge is -2.19. The summed E-state index contributed by atoms with van der Waals surface area (Å²) in [6.45, 7) is 3.52. The van der Waals surface area contributed by atoms with E-state index in [2.05, 4.69) is 4.98 Å². The maximum absolute atomic E-state index is 13.0. The number of rotatable bonds is 5. The molecule has 1 heterocycles. The molecule has 0 fully saturated rings. The number of benzene rings is 2. The minimum atomic E-state index is -0.162. The molecule has 0 aliphatic heterocycles. The Hall–Kier alpha value is -2.40. The molecule has 0 radical (unpaired) electrons. The van der Waals surface area contributed by atoms with Gasteiger partial charge < -0.3 is 0 Å². The average Bonchev–Trinajstić information content (AvgIpc) is 2.60. The molecule has 0 spiro atoms. The SMILES string of the molecule is CC(=O)CSc1nc2ccccc2c(=O)n1[C@@H](C)c1ccccc1. The molecule has 1 atom stereocenters. The second-order valence-corrected chi connectivity index (χ2v) is 6.61. The number of carbonyl (C=O) groups is 1. The Balaban J connectivity index is 2.19. The lowest BCUT2D eigenvalue weighted by Crippen LogP contribution is -2.27. The molecule has 3 rings (SSSR count). The van der Waals surface area contributed by atoms with Gasteiger partial charge in [0, 0.05) is 0 Å². The summed E-state index contributed by atoms with van der Waals surface area (Å²) in [7, 11) is 0. The van der Waals surface area contributed by atoms with E-state index >= 15 is 0 Å². The molecule has 0 aliphatic carbocycles. The first-order valence-corrected chi connectivity index (χ1v) is 8.75. The monoisotopic (exact) mass is 338 g/mol. The second kappa shape index (κ2) is 7.01. The highest BCUT2D eigenvalue weighted by atomic mass is 32.2. The van der Waals surface area contributed by atoms with Crippen molar-refractivity contribution in [1.29, 1.82) is 0 Å². The summed E-state index contributed by atoms with van der Waals surface area (Å²) >= 11 is 1.31.